The SMILES string of the molecule is CN1CC2CC1CC2NOCc1n[nH]c2cc(OC(F)(F)F)ccc12. The molecule has 0 radical (unpaired) electrons. The first kappa shape index (κ1) is 16.6. The Morgan fingerprint density at radius 1 is 1.36 bits per heavy atom. The minimum Gasteiger partial charge on any atom is -0.406 e. The second-order valence-corrected chi connectivity index (χ2v) is 6.76. The Balaban J connectivity index is 1.36. The van der Waals surface area contributed by atoms with Gasteiger partial charge in [-0.25, -0.2) is 0 Å². The second-order valence-electron chi connectivity index (χ2n) is 6.76. The van der Waals surface area contributed by atoms with Crippen molar-refractivity contribution in [2.75, 3.05) is 13.6 Å². The summed E-state index contributed by atoms with van der Waals surface area (Å²) in [4.78, 5) is 7.99. The lowest BCUT2D eigenvalue weighted by Crippen LogP contribution is -2.42. The Labute approximate surface area is 142 Å². The van der Waals surface area contributed by atoms with E-state index < -0.39 is 6.36 Å². The van der Waals surface area contributed by atoms with Gasteiger partial charge in [0.2, 0.25) is 0 Å². The molecular formula is C16H19F3N4O2. The highest BCUT2D eigenvalue weighted by Crippen LogP contribution is 2.36. The van der Waals surface area contributed by atoms with Crippen LogP contribution in [0.25, 0.3) is 10.9 Å². The molecule has 2 aliphatic rings. The lowest BCUT2D eigenvalue weighted by molar-refractivity contribution is -0.274. The highest BCUT2D eigenvalue weighted by atomic mass is 19.4. The van der Waals surface area contributed by atoms with E-state index in [2.05, 4.69) is 32.4 Å². The zero-order chi connectivity index (χ0) is 17.6. The number of hydroxylamine groups is 1. The van der Waals surface area contributed by atoms with Gasteiger partial charge >= 0.3 is 6.36 Å². The molecule has 2 fully saturated rings. The zero-order valence-electron chi connectivity index (χ0n) is 13.6. The normalized spacial score (nSPS) is 26.6. The van der Waals surface area contributed by atoms with Crippen LogP contribution >= 0.6 is 0 Å². The van der Waals surface area contributed by atoms with Crippen molar-refractivity contribution in [1.29, 1.82) is 0 Å². The van der Waals surface area contributed by atoms with Crippen LogP contribution in [0.5, 0.6) is 5.75 Å². The van der Waals surface area contributed by atoms with Crippen LogP contribution in [0.3, 0.4) is 0 Å². The van der Waals surface area contributed by atoms with Gasteiger partial charge in [-0.2, -0.15) is 10.6 Å². The number of aromatic amines is 1. The van der Waals surface area contributed by atoms with Gasteiger partial charge in [0.15, 0.2) is 0 Å². The standard InChI is InChI=1S/C16H19F3N4O2/c1-23-7-9-4-10(23)5-13(9)22-24-8-15-12-3-2-11(25-16(17,18)19)6-14(12)20-21-15/h2-3,6,9-10,13,22H,4-5,7-8H2,1H3,(H,20,21). The summed E-state index contributed by atoms with van der Waals surface area (Å²) in [5, 5.41) is 7.55. The number of alkyl halides is 3. The molecule has 9 heteroatoms. The molecule has 1 aliphatic heterocycles. The number of likely N-dealkylation sites (tertiary alicyclic amines) is 1. The number of fused-ring (bicyclic) bond motifs is 3. The van der Waals surface area contributed by atoms with E-state index in [1.165, 1.54) is 18.6 Å². The summed E-state index contributed by atoms with van der Waals surface area (Å²) in [6, 6.07) is 5.07. The van der Waals surface area contributed by atoms with Crippen LogP contribution in [0.4, 0.5) is 13.2 Å². The number of ether oxygens (including phenoxy) is 1. The van der Waals surface area contributed by atoms with Crippen LogP contribution in [-0.2, 0) is 11.4 Å². The Kier molecular flexibility index (Phi) is 4.09. The van der Waals surface area contributed by atoms with Gasteiger partial charge in [0.05, 0.1) is 11.2 Å². The van der Waals surface area contributed by atoms with Crippen LogP contribution in [-0.4, -0.2) is 47.1 Å². The molecule has 2 aromatic rings. The topological polar surface area (TPSA) is 62.4 Å². The van der Waals surface area contributed by atoms with E-state index in [1.807, 2.05) is 0 Å². The van der Waals surface area contributed by atoms with Gasteiger partial charge in [-0.3, -0.25) is 9.94 Å². The maximum atomic E-state index is 12.3. The molecule has 1 saturated carbocycles. The summed E-state index contributed by atoms with van der Waals surface area (Å²) in [5.74, 6) is 0.327. The summed E-state index contributed by atoms with van der Waals surface area (Å²) in [6.45, 7) is 1.32. The minimum atomic E-state index is -4.71. The van der Waals surface area contributed by atoms with Crippen molar-refractivity contribution in [3.05, 3.63) is 23.9 Å². The highest BCUT2D eigenvalue weighted by Gasteiger charge is 2.43. The van der Waals surface area contributed by atoms with Crippen molar-refractivity contribution in [3.8, 4) is 5.75 Å². The predicted octanol–water partition coefficient (Wildman–Crippen LogP) is 2.58. The average Bonchev–Trinajstić information content (AvgIpc) is 3.19. The molecule has 1 aromatic heterocycles. The van der Waals surface area contributed by atoms with Crippen molar-refractivity contribution >= 4 is 10.9 Å². The number of benzene rings is 1. The average molecular weight is 356 g/mol. The Hall–Kier alpha value is -1.84. The largest absolute Gasteiger partial charge is 0.573 e. The van der Waals surface area contributed by atoms with Crippen molar-refractivity contribution < 1.29 is 22.7 Å². The fraction of sp³-hybridized carbons (Fsp3) is 0.562. The number of nitrogens with one attached hydrogen (secondary N) is 2. The highest BCUT2D eigenvalue weighted by molar-refractivity contribution is 5.82. The van der Waals surface area contributed by atoms with Crippen LogP contribution in [0.1, 0.15) is 18.5 Å². The van der Waals surface area contributed by atoms with E-state index in [0.29, 0.717) is 34.6 Å². The molecule has 1 aromatic carbocycles. The van der Waals surface area contributed by atoms with Gasteiger partial charge in [0.25, 0.3) is 0 Å². The lowest BCUT2D eigenvalue weighted by Gasteiger charge is -2.28. The van der Waals surface area contributed by atoms with Gasteiger partial charge < -0.3 is 9.64 Å². The third-order valence-electron chi connectivity index (χ3n) is 5.11. The molecule has 3 unspecified atom stereocenters. The number of piperidine rings is 1. The molecule has 0 spiro atoms. The smallest absolute Gasteiger partial charge is 0.406 e. The lowest BCUT2D eigenvalue weighted by atomic mass is 10.0. The number of aromatic nitrogens is 2. The van der Waals surface area contributed by atoms with E-state index in [-0.39, 0.29) is 12.4 Å². The fourth-order valence-corrected chi connectivity index (χ4v) is 3.90. The number of halogens is 3. The molecular weight excluding hydrogens is 337 g/mol. The summed E-state index contributed by atoms with van der Waals surface area (Å²) < 4.78 is 40.7. The van der Waals surface area contributed by atoms with Gasteiger partial charge in [0.1, 0.15) is 12.4 Å². The van der Waals surface area contributed by atoms with Crippen molar-refractivity contribution in [2.45, 2.75) is 37.9 Å². The van der Waals surface area contributed by atoms with E-state index >= 15 is 0 Å². The molecule has 3 atom stereocenters. The molecule has 4 rings (SSSR count). The molecule has 0 amide bonds. The number of nitrogens with zero attached hydrogens (tertiary/aromatic N) is 2. The summed E-state index contributed by atoms with van der Waals surface area (Å²) in [6.07, 6.45) is -2.44. The first-order valence-electron chi connectivity index (χ1n) is 8.19. The van der Waals surface area contributed by atoms with E-state index in [4.69, 9.17) is 4.84 Å². The summed E-state index contributed by atoms with van der Waals surface area (Å²) in [7, 11) is 2.15. The van der Waals surface area contributed by atoms with Crippen molar-refractivity contribution in [1.82, 2.24) is 20.6 Å². The van der Waals surface area contributed by atoms with Crippen molar-refractivity contribution in [3.63, 3.8) is 0 Å². The fourth-order valence-electron chi connectivity index (χ4n) is 3.90. The Bertz CT molecular complexity index is 761. The Morgan fingerprint density at radius 3 is 2.88 bits per heavy atom. The van der Waals surface area contributed by atoms with Gasteiger partial charge in [0, 0.05) is 30.1 Å². The molecule has 6 nitrogen and oxygen atoms in total. The maximum absolute atomic E-state index is 12.3. The first-order chi connectivity index (χ1) is 11.9. The monoisotopic (exact) mass is 356 g/mol. The molecule has 1 saturated heterocycles. The van der Waals surface area contributed by atoms with E-state index in [9.17, 15) is 13.2 Å². The third kappa shape index (κ3) is 3.44. The minimum absolute atomic E-state index is 0.239. The van der Waals surface area contributed by atoms with Crippen LogP contribution in [0, 0.1) is 5.92 Å². The maximum Gasteiger partial charge on any atom is 0.573 e. The van der Waals surface area contributed by atoms with Crippen LogP contribution in [0.2, 0.25) is 0 Å². The quantitative estimate of drug-likeness (QED) is 0.807. The number of H-pyrrole nitrogens is 1. The zero-order valence-corrected chi connectivity index (χ0v) is 13.6. The van der Waals surface area contributed by atoms with Gasteiger partial charge in [-0.1, -0.05) is 0 Å². The molecule has 1 aliphatic carbocycles. The van der Waals surface area contributed by atoms with Crippen LogP contribution in [0.15, 0.2) is 18.2 Å². The molecule has 2 N–H and O–H groups in total. The van der Waals surface area contributed by atoms with E-state index in [0.717, 1.165) is 13.0 Å². The van der Waals surface area contributed by atoms with Crippen LogP contribution < -0.4 is 10.2 Å². The van der Waals surface area contributed by atoms with Gasteiger partial charge in [-0.15, -0.1) is 13.2 Å². The number of hydrogen-bond acceptors (Lipinski definition) is 5. The third-order valence-corrected chi connectivity index (χ3v) is 5.11. The molecule has 2 heterocycles. The molecule has 2 bridgehead atoms. The Morgan fingerprint density at radius 2 is 2.20 bits per heavy atom. The molecule has 136 valence electrons. The van der Waals surface area contributed by atoms with Crippen molar-refractivity contribution in [2.24, 2.45) is 5.92 Å². The predicted molar refractivity (Wildman–Crippen MR) is 83.6 cm³/mol. The summed E-state index contributed by atoms with van der Waals surface area (Å²) in [5.41, 5.74) is 4.24. The first-order valence-corrected chi connectivity index (χ1v) is 8.19. The molecule has 25 heavy (non-hydrogen) atoms. The van der Waals surface area contributed by atoms with Gasteiger partial charge in [-0.05, 0) is 37.9 Å². The summed E-state index contributed by atoms with van der Waals surface area (Å²) >= 11 is 0. The number of hydrogen-bond donors (Lipinski definition) is 2. The van der Waals surface area contributed by atoms with E-state index in [1.54, 1.807) is 6.07 Å². The second kappa shape index (κ2) is 6.15. The number of rotatable bonds is 5.